The summed E-state index contributed by atoms with van der Waals surface area (Å²) in [5.41, 5.74) is 0.539. The van der Waals surface area contributed by atoms with E-state index in [2.05, 4.69) is 15.6 Å². The van der Waals surface area contributed by atoms with Gasteiger partial charge in [-0.3, -0.25) is 14.6 Å². The molecule has 2 amide bonds. The summed E-state index contributed by atoms with van der Waals surface area (Å²) in [6.45, 7) is 2.30. The summed E-state index contributed by atoms with van der Waals surface area (Å²) in [5.74, 6) is -0.439. The molecule has 0 aliphatic heterocycles. The van der Waals surface area contributed by atoms with Crippen molar-refractivity contribution in [2.45, 2.75) is 12.3 Å². The number of halogens is 1. The van der Waals surface area contributed by atoms with E-state index in [0.717, 1.165) is 0 Å². The zero-order chi connectivity index (χ0) is 12.7. The van der Waals surface area contributed by atoms with Gasteiger partial charge in [0, 0.05) is 31.0 Å². The number of pyridine rings is 1. The first-order valence-electron chi connectivity index (χ1n) is 5.21. The fourth-order valence-electron chi connectivity index (χ4n) is 1.11. The van der Waals surface area contributed by atoms with Crippen LogP contribution in [0, 0.1) is 0 Å². The van der Waals surface area contributed by atoms with E-state index in [1.54, 1.807) is 31.5 Å². The van der Waals surface area contributed by atoms with E-state index in [0.29, 0.717) is 18.7 Å². The number of nitrogens with zero attached hydrogens (tertiary/aromatic N) is 1. The number of carbonyl (C=O) groups excluding carboxylic acids is 2. The van der Waals surface area contributed by atoms with E-state index >= 15 is 0 Å². The number of aromatic nitrogens is 1. The van der Waals surface area contributed by atoms with Crippen LogP contribution in [0.5, 0.6) is 0 Å². The second-order valence-electron chi connectivity index (χ2n) is 3.40. The van der Waals surface area contributed by atoms with Crippen LogP contribution in [-0.2, 0) is 4.79 Å². The second kappa shape index (κ2) is 6.85. The highest BCUT2D eigenvalue weighted by molar-refractivity contribution is 6.30. The number of alkyl halides is 1. The van der Waals surface area contributed by atoms with Gasteiger partial charge in [-0.1, -0.05) is 0 Å². The van der Waals surface area contributed by atoms with E-state index in [1.807, 2.05) is 0 Å². The summed E-state index contributed by atoms with van der Waals surface area (Å²) in [7, 11) is 0. The van der Waals surface area contributed by atoms with E-state index in [-0.39, 0.29) is 11.8 Å². The maximum atomic E-state index is 11.5. The summed E-state index contributed by atoms with van der Waals surface area (Å²) < 4.78 is 0. The van der Waals surface area contributed by atoms with Crippen molar-refractivity contribution in [2.75, 3.05) is 13.1 Å². The Hall–Kier alpha value is -1.62. The van der Waals surface area contributed by atoms with Crippen molar-refractivity contribution in [3.8, 4) is 0 Å². The molecular weight excluding hydrogens is 242 g/mol. The summed E-state index contributed by atoms with van der Waals surface area (Å²) >= 11 is 5.56. The highest BCUT2D eigenvalue weighted by Crippen LogP contribution is 1.95. The first-order chi connectivity index (χ1) is 8.11. The number of amides is 2. The first kappa shape index (κ1) is 13.4. The molecule has 5 nitrogen and oxygen atoms in total. The lowest BCUT2D eigenvalue weighted by Crippen LogP contribution is -2.37. The topological polar surface area (TPSA) is 71.1 Å². The average molecular weight is 256 g/mol. The Morgan fingerprint density at radius 1 is 1.29 bits per heavy atom. The van der Waals surface area contributed by atoms with Crippen molar-refractivity contribution in [2.24, 2.45) is 0 Å². The minimum atomic E-state index is -0.564. The summed E-state index contributed by atoms with van der Waals surface area (Å²) in [6.07, 6.45) is 3.09. The van der Waals surface area contributed by atoms with Crippen molar-refractivity contribution >= 4 is 23.4 Å². The second-order valence-corrected chi connectivity index (χ2v) is 4.05. The van der Waals surface area contributed by atoms with Crippen LogP contribution in [0.15, 0.2) is 24.5 Å². The summed E-state index contributed by atoms with van der Waals surface area (Å²) in [5, 5.41) is 4.70. The zero-order valence-electron chi connectivity index (χ0n) is 9.44. The van der Waals surface area contributed by atoms with Crippen LogP contribution in [0.25, 0.3) is 0 Å². The fraction of sp³-hybridized carbons (Fsp3) is 0.364. The highest BCUT2D eigenvalue weighted by atomic mass is 35.5. The molecule has 1 aromatic heterocycles. The van der Waals surface area contributed by atoms with Gasteiger partial charge < -0.3 is 10.6 Å². The number of hydrogen-bond acceptors (Lipinski definition) is 3. The summed E-state index contributed by atoms with van der Waals surface area (Å²) in [6, 6.07) is 3.24. The molecule has 1 rings (SSSR count). The molecule has 0 radical (unpaired) electrons. The van der Waals surface area contributed by atoms with Gasteiger partial charge in [0.1, 0.15) is 5.38 Å². The van der Waals surface area contributed by atoms with Gasteiger partial charge in [-0.25, -0.2) is 0 Å². The van der Waals surface area contributed by atoms with Gasteiger partial charge in [-0.15, -0.1) is 11.6 Å². The van der Waals surface area contributed by atoms with Gasteiger partial charge in [-0.05, 0) is 19.1 Å². The standard InChI is InChI=1S/C11H14ClN3O2/c1-8(12)10(16)14-6-7-15-11(17)9-2-4-13-5-3-9/h2-5,8H,6-7H2,1H3,(H,14,16)(H,15,17). The molecule has 0 fully saturated rings. The third-order valence-electron chi connectivity index (χ3n) is 2.01. The molecule has 1 aromatic rings. The maximum Gasteiger partial charge on any atom is 0.251 e. The smallest absolute Gasteiger partial charge is 0.251 e. The third-order valence-corrected chi connectivity index (χ3v) is 2.21. The maximum absolute atomic E-state index is 11.5. The molecule has 1 atom stereocenters. The molecule has 92 valence electrons. The van der Waals surface area contributed by atoms with Crippen LogP contribution in [0.1, 0.15) is 17.3 Å². The molecule has 0 saturated heterocycles. The zero-order valence-corrected chi connectivity index (χ0v) is 10.2. The Bertz CT molecular complexity index is 382. The van der Waals surface area contributed by atoms with Crippen LogP contribution >= 0.6 is 11.6 Å². The van der Waals surface area contributed by atoms with E-state index in [9.17, 15) is 9.59 Å². The molecule has 2 N–H and O–H groups in total. The predicted octanol–water partition coefficient (Wildman–Crippen LogP) is 0.555. The highest BCUT2D eigenvalue weighted by Gasteiger charge is 2.08. The lowest BCUT2D eigenvalue weighted by atomic mass is 10.2. The Kier molecular flexibility index (Phi) is 5.42. The number of carbonyl (C=O) groups is 2. The number of hydrogen-bond donors (Lipinski definition) is 2. The van der Waals surface area contributed by atoms with Crippen LogP contribution in [0.2, 0.25) is 0 Å². The SMILES string of the molecule is CC(Cl)C(=O)NCCNC(=O)c1ccncc1. The van der Waals surface area contributed by atoms with Gasteiger partial charge in [0.2, 0.25) is 5.91 Å². The molecule has 0 aliphatic rings. The minimum Gasteiger partial charge on any atom is -0.353 e. The van der Waals surface area contributed by atoms with Gasteiger partial charge in [0.25, 0.3) is 5.91 Å². The lowest BCUT2D eigenvalue weighted by molar-refractivity contribution is -0.120. The number of nitrogens with one attached hydrogen (secondary N) is 2. The van der Waals surface area contributed by atoms with E-state index in [4.69, 9.17) is 11.6 Å². The largest absolute Gasteiger partial charge is 0.353 e. The van der Waals surface area contributed by atoms with E-state index < -0.39 is 5.38 Å². The van der Waals surface area contributed by atoms with Crippen molar-refractivity contribution in [1.82, 2.24) is 15.6 Å². The Morgan fingerprint density at radius 2 is 1.88 bits per heavy atom. The normalized spacial score (nSPS) is 11.6. The van der Waals surface area contributed by atoms with Crippen LogP contribution in [0.3, 0.4) is 0 Å². The van der Waals surface area contributed by atoms with Gasteiger partial charge >= 0.3 is 0 Å². The van der Waals surface area contributed by atoms with Crippen LogP contribution < -0.4 is 10.6 Å². The van der Waals surface area contributed by atoms with Crippen molar-refractivity contribution in [1.29, 1.82) is 0 Å². The summed E-state index contributed by atoms with van der Waals surface area (Å²) in [4.78, 5) is 26.5. The molecule has 0 aliphatic carbocycles. The van der Waals surface area contributed by atoms with Crippen LogP contribution in [0.4, 0.5) is 0 Å². The molecular formula is C11H14ClN3O2. The predicted molar refractivity (Wildman–Crippen MR) is 64.9 cm³/mol. The Morgan fingerprint density at radius 3 is 2.47 bits per heavy atom. The first-order valence-corrected chi connectivity index (χ1v) is 5.65. The quantitative estimate of drug-likeness (QED) is 0.596. The molecule has 0 saturated carbocycles. The molecule has 0 spiro atoms. The molecule has 0 aromatic carbocycles. The molecule has 6 heteroatoms. The third kappa shape index (κ3) is 4.82. The molecule has 0 bridgehead atoms. The van der Waals surface area contributed by atoms with Crippen LogP contribution in [-0.4, -0.2) is 35.3 Å². The van der Waals surface area contributed by atoms with Crippen molar-refractivity contribution < 1.29 is 9.59 Å². The van der Waals surface area contributed by atoms with Gasteiger partial charge in [-0.2, -0.15) is 0 Å². The number of rotatable bonds is 5. The molecule has 1 heterocycles. The fourth-order valence-corrected chi connectivity index (χ4v) is 1.18. The van der Waals surface area contributed by atoms with E-state index in [1.165, 1.54) is 0 Å². The van der Waals surface area contributed by atoms with Gasteiger partial charge in [0.15, 0.2) is 0 Å². The minimum absolute atomic E-state index is 0.194. The Balaban J connectivity index is 2.24. The Labute approximate surface area is 105 Å². The monoisotopic (exact) mass is 255 g/mol. The van der Waals surface area contributed by atoms with Gasteiger partial charge in [0.05, 0.1) is 0 Å². The molecule has 17 heavy (non-hydrogen) atoms. The lowest BCUT2D eigenvalue weighted by Gasteiger charge is -2.07. The van der Waals surface area contributed by atoms with Crippen molar-refractivity contribution in [3.05, 3.63) is 30.1 Å². The van der Waals surface area contributed by atoms with Crippen molar-refractivity contribution in [3.63, 3.8) is 0 Å². The molecule has 1 unspecified atom stereocenters. The average Bonchev–Trinajstić information content (AvgIpc) is 2.35.